The van der Waals surface area contributed by atoms with E-state index in [-0.39, 0.29) is 23.5 Å². The van der Waals surface area contributed by atoms with Gasteiger partial charge in [0.2, 0.25) is 0 Å². The molecule has 0 aliphatic carbocycles. The molecule has 0 bridgehead atoms. The number of fused-ring (bicyclic) bond motifs is 1. The van der Waals surface area contributed by atoms with Gasteiger partial charge in [0, 0.05) is 45.2 Å². The number of hydrogen-bond acceptors (Lipinski definition) is 3. The second-order valence-corrected chi connectivity index (χ2v) is 11.0. The fourth-order valence-corrected chi connectivity index (χ4v) is 6.19. The Morgan fingerprint density at radius 2 is 1.88 bits per heavy atom. The molecule has 1 atom stereocenters. The lowest BCUT2D eigenvalue weighted by Gasteiger charge is -2.26. The van der Waals surface area contributed by atoms with Crippen LogP contribution in [0.15, 0.2) is 72.9 Å². The molecule has 1 fully saturated rings. The number of carbonyl (C=O) groups is 1. The van der Waals surface area contributed by atoms with Gasteiger partial charge in [0.25, 0.3) is 5.91 Å². The number of benzene rings is 3. The number of nitrogens with one attached hydrogen (secondary N) is 1. The molecule has 5 nitrogen and oxygen atoms in total. The fraction of sp³-hybridized carbons (Fsp3) is 0.160. The van der Waals surface area contributed by atoms with Crippen molar-refractivity contribution in [1.29, 1.82) is 0 Å². The summed E-state index contributed by atoms with van der Waals surface area (Å²) >= 11 is 6.22. The van der Waals surface area contributed by atoms with E-state index in [0.29, 0.717) is 22.8 Å². The van der Waals surface area contributed by atoms with Crippen molar-refractivity contribution < 1.29 is 18.3 Å². The molecule has 8 heteroatoms. The summed E-state index contributed by atoms with van der Waals surface area (Å²) in [6.45, 7) is 0. The van der Waals surface area contributed by atoms with Gasteiger partial charge in [-0.2, -0.15) is 10.6 Å². The minimum absolute atomic E-state index is 0.186. The van der Waals surface area contributed by atoms with Crippen molar-refractivity contribution in [2.75, 3.05) is 11.5 Å². The van der Waals surface area contributed by atoms with Crippen molar-refractivity contribution in [1.82, 2.24) is 9.88 Å². The number of nitrogens with zero attached hydrogens (tertiary/aromatic N) is 1. The van der Waals surface area contributed by atoms with Gasteiger partial charge in [-0.25, -0.2) is 4.39 Å². The monoisotopic (exact) mass is 484 g/mol. The molecule has 0 saturated carbocycles. The zero-order chi connectivity index (χ0) is 23.2. The maximum absolute atomic E-state index is 13.5. The summed E-state index contributed by atoms with van der Waals surface area (Å²) in [5.41, 5.74) is 3.89. The number of hydrogen-bond donors (Lipinski definition) is 3. The number of amides is 1. The average molecular weight is 485 g/mol. The summed E-state index contributed by atoms with van der Waals surface area (Å²) in [6.07, 6.45) is 2.50. The topological polar surface area (TPSA) is 74.5 Å². The highest BCUT2D eigenvalue weighted by molar-refractivity contribution is 8.24. The molecule has 170 valence electrons. The number of rotatable bonds is 4. The standard InChI is InChI=1S/C25H22ClFN2O3S/c26-18-3-1-2-16(12-18)23-14-29(21-7-5-19(27)6-8-21)24-13-17(4-9-22(23)24)25(30)28-20-10-11-33(31,32)15-20/h1-9,12-14,20,31-32H,10-11,15H2,(H,28,30). The second-order valence-electron chi connectivity index (χ2n) is 8.26. The molecule has 1 aliphatic heterocycles. The number of aromatic nitrogens is 1. The fourth-order valence-electron chi connectivity index (χ4n) is 4.27. The summed E-state index contributed by atoms with van der Waals surface area (Å²) in [4.78, 5) is 12.9. The third-order valence-corrected chi connectivity index (χ3v) is 7.97. The highest BCUT2D eigenvalue weighted by Crippen LogP contribution is 2.45. The van der Waals surface area contributed by atoms with Gasteiger partial charge >= 0.3 is 0 Å². The molecule has 3 aromatic carbocycles. The Morgan fingerprint density at radius 1 is 1.09 bits per heavy atom. The van der Waals surface area contributed by atoms with Gasteiger partial charge in [-0.3, -0.25) is 13.9 Å². The maximum Gasteiger partial charge on any atom is 0.251 e. The molecule has 4 aromatic rings. The number of carbonyl (C=O) groups excluding carboxylic acids is 1. The van der Waals surface area contributed by atoms with Gasteiger partial charge in [0.05, 0.1) is 11.3 Å². The molecule has 0 spiro atoms. The van der Waals surface area contributed by atoms with Crippen molar-refractivity contribution in [2.24, 2.45) is 0 Å². The maximum atomic E-state index is 13.5. The Balaban J connectivity index is 1.58. The van der Waals surface area contributed by atoms with Crippen LogP contribution in [-0.4, -0.2) is 37.1 Å². The van der Waals surface area contributed by atoms with Gasteiger partial charge in [-0.1, -0.05) is 29.8 Å². The lowest BCUT2D eigenvalue weighted by atomic mass is 10.0. The van der Waals surface area contributed by atoms with Crippen molar-refractivity contribution >= 4 is 39.0 Å². The molecular formula is C25H22ClFN2O3S. The molecule has 33 heavy (non-hydrogen) atoms. The zero-order valence-corrected chi connectivity index (χ0v) is 19.1. The summed E-state index contributed by atoms with van der Waals surface area (Å²) in [6, 6.07) is 18.9. The van der Waals surface area contributed by atoms with Gasteiger partial charge in [0.1, 0.15) is 5.82 Å². The Bertz CT molecular complexity index is 1350. The highest BCUT2D eigenvalue weighted by Gasteiger charge is 2.29. The molecule has 2 heterocycles. The van der Waals surface area contributed by atoms with Crippen LogP contribution in [0.3, 0.4) is 0 Å². The first-order valence-electron chi connectivity index (χ1n) is 10.5. The van der Waals surface area contributed by atoms with Gasteiger partial charge in [-0.05, 0) is 60.5 Å². The van der Waals surface area contributed by atoms with Crippen molar-refractivity contribution in [3.63, 3.8) is 0 Å². The van der Waals surface area contributed by atoms with E-state index in [2.05, 4.69) is 5.32 Å². The first-order chi connectivity index (χ1) is 15.8. The molecular weight excluding hydrogens is 463 g/mol. The van der Waals surface area contributed by atoms with Crippen LogP contribution >= 0.6 is 22.2 Å². The van der Waals surface area contributed by atoms with E-state index in [1.807, 2.05) is 41.1 Å². The van der Waals surface area contributed by atoms with E-state index in [0.717, 1.165) is 27.7 Å². The third kappa shape index (κ3) is 4.50. The Hall–Kier alpha value is -2.84. The van der Waals surface area contributed by atoms with Crippen LogP contribution in [0, 0.1) is 5.82 Å². The first-order valence-corrected chi connectivity index (χ1v) is 12.8. The van der Waals surface area contributed by atoms with Crippen LogP contribution < -0.4 is 5.32 Å². The Morgan fingerprint density at radius 3 is 2.58 bits per heavy atom. The van der Waals surface area contributed by atoms with E-state index in [1.54, 1.807) is 24.3 Å². The van der Waals surface area contributed by atoms with Gasteiger partial charge in [0.15, 0.2) is 0 Å². The van der Waals surface area contributed by atoms with Crippen LogP contribution in [0.2, 0.25) is 5.02 Å². The van der Waals surface area contributed by atoms with Crippen LogP contribution in [-0.2, 0) is 0 Å². The Kier molecular flexibility index (Phi) is 5.66. The van der Waals surface area contributed by atoms with Gasteiger partial charge in [-0.15, -0.1) is 0 Å². The van der Waals surface area contributed by atoms with Crippen molar-refractivity contribution in [3.05, 3.63) is 89.3 Å². The predicted octanol–water partition coefficient (Wildman–Crippen LogP) is 6.34. The lowest BCUT2D eigenvalue weighted by Crippen LogP contribution is -2.35. The van der Waals surface area contributed by atoms with Crippen LogP contribution in [0.5, 0.6) is 0 Å². The molecule has 1 unspecified atom stereocenters. The molecule has 1 amide bonds. The van der Waals surface area contributed by atoms with Crippen LogP contribution in [0.25, 0.3) is 27.7 Å². The molecule has 3 N–H and O–H groups in total. The average Bonchev–Trinajstić information content (AvgIpc) is 3.33. The van der Waals surface area contributed by atoms with E-state index >= 15 is 0 Å². The largest absolute Gasteiger partial charge is 0.348 e. The second kappa shape index (κ2) is 8.50. The van der Waals surface area contributed by atoms with E-state index < -0.39 is 10.6 Å². The quantitative estimate of drug-likeness (QED) is 0.316. The summed E-state index contributed by atoms with van der Waals surface area (Å²) in [7, 11) is -2.60. The number of halogens is 2. The third-order valence-electron chi connectivity index (χ3n) is 5.90. The van der Waals surface area contributed by atoms with Crippen LogP contribution in [0.1, 0.15) is 16.8 Å². The van der Waals surface area contributed by atoms with Gasteiger partial charge < -0.3 is 9.88 Å². The van der Waals surface area contributed by atoms with E-state index in [9.17, 15) is 18.3 Å². The minimum Gasteiger partial charge on any atom is -0.348 e. The van der Waals surface area contributed by atoms with Crippen LogP contribution in [0.4, 0.5) is 4.39 Å². The van der Waals surface area contributed by atoms with Crippen molar-refractivity contribution in [3.8, 4) is 16.8 Å². The molecule has 1 aliphatic rings. The zero-order valence-electron chi connectivity index (χ0n) is 17.5. The highest BCUT2D eigenvalue weighted by atomic mass is 35.5. The van der Waals surface area contributed by atoms with E-state index in [4.69, 9.17) is 11.6 Å². The first kappa shape index (κ1) is 22.0. The summed E-state index contributed by atoms with van der Waals surface area (Å²) in [5.74, 6) is -0.0952. The summed E-state index contributed by atoms with van der Waals surface area (Å²) in [5, 5.41) is 4.46. The lowest BCUT2D eigenvalue weighted by molar-refractivity contribution is 0.0941. The van der Waals surface area contributed by atoms with Crippen molar-refractivity contribution in [2.45, 2.75) is 12.5 Å². The molecule has 0 radical (unpaired) electrons. The molecule has 1 saturated heterocycles. The molecule has 1 aromatic heterocycles. The smallest absolute Gasteiger partial charge is 0.251 e. The SMILES string of the molecule is O=C(NC1CCS(O)(O)C1)c1ccc2c(-c3cccc(Cl)c3)cn(-c3ccc(F)cc3)c2c1. The normalized spacial score (nSPS) is 18.4. The summed E-state index contributed by atoms with van der Waals surface area (Å²) < 4.78 is 35.2. The Labute approximate surface area is 197 Å². The predicted molar refractivity (Wildman–Crippen MR) is 132 cm³/mol. The minimum atomic E-state index is -2.60. The molecule has 5 rings (SSSR count). The van der Waals surface area contributed by atoms with E-state index in [1.165, 1.54) is 12.1 Å².